The van der Waals surface area contributed by atoms with Crippen molar-refractivity contribution in [1.82, 2.24) is 0 Å². The van der Waals surface area contributed by atoms with Gasteiger partial charge in [0.2, 0.25) is 0 Å². The lowest BCUT2D eigenvalue weighted by Gasteiger charge is -2.28. The highest BCUT2D eigenvalue weighted by atomic mass is 14.5. The predicted molar refractivity (Wildman–Crippen MR) is 66.7 cm³/mol. The second-order valence-corrected chi connectivity index (χ2v) is 7.53. The van der Waals surface area contributed by atoms with Gasteiger partial charge in [0.1, 0.15) is 0 Å². The fraction of sp³-hybridized carbons (Fsp3) is 1.00. The Morgan fingerprint density at radius 3 is 1.67 bits per heavy atom. The summed E-state index contributed by atoms with van der Waals surface area (Å²) in [4.78, 5) is 0. The van der Waals surface area contributed by atoms with Crippen molar-refractivity contribution in [2.45, 2.75) is 60.3 Å². The molecule has 2 saturated carbocycles. The maximum absolute atomic E-state index is 2.43. The van der Waals surface area contributed by atoms with E-state index in [9.17, 15) is 0 Å². The fourth-order valence-corrected chi connectivity index (χ4v) is 3.91. The first kappa shape index (κ1) is 11.5. The minimum atomic E-state index is 0.553. The van der Waals surface area contributed by atoms with Crippen LogP contribution < -0.4 is 0 Å². The smallest absolute Gasteiger partial charge is 0.0354 e. The molecule has 0 aromatic heterocycles. The van der Waals surface area contributed by atoms with Crippen LogP contribution in [0.4, 0.5) is 0 Å². The molecule has 88 valence electrons. The van der Waals surface area contributed by atoms with E-state index in [1.807, 2.05) is 0 Å². The molecule has 0 aliphatic heterocycles. The zero-order valence-corrected chi connectivity index (χ0v) is 11.2. The fourth-order valence-electron chi connectivity index (χ4n) is 3.91. The van der Waals surface area contributed by atoms with E-state index >= 15 is 0 Å². The first-order chi connectivity index (χ1) is 6.88. The van der Waals surface area contributed by atoms with Gasteiger partial charge < -0.3 is 0 Å². The highest BCUT2D eigenvalue weighted by Gasteiger charge is 2.45. The van der Waals surface area contributed by atoms with Gasteiger partial charge >= 0.3 is 0 Å². The van der Waals surface area contributed by atoms with Gasteiger partial charge in [-0.3, -0.25) is 0 Å². The molecule has 0 aromatic rings. The summed E-state index contributed by atoms with van der Waals surface area (Å²) in [7, 11) is 0. The lowest BCUT2D eigenvalue weighted by molar-refractivity contribution is 0.221. The third-order valence-electron chi connectivity index (χ3n) is 5.22. The van der Waals surface area contributed by atoms with Crippen LogP contribution in [0.5, 0.6) is 0 Å². The van der Waals surface area contributed by atoms with Gasteiger partial charge in [0.25, 0.3) is 0 Å². The maximum atomic E-state index is 2.43. The number of fused-ring (bicyclic) bond motifs is 1. The molecule has 0 saturated heterocycles. The Morgan fingerprint density at radius 2 is 1.33 bits per heavy atom. The van der Waals surface area contributed by atoms with E-state index in [1.165, 1.54) is 25.7 Å². The Morgan fingerprint density at radius 1 is 0.867 bits per heavy atom. The van der Waals surface area contributed by atoms with Crippen LogP contribution in [-0.2, 0) is 0 Å². The Hall–Kier alpha value is 0. The second-order valence-electron chi connectivity index (χ2n) is 7.53. The molecule has 2 rings (SSSR count). The summed E-state index contributed by atoms with van der Waals surface area (Å²) in [5, 5.41) is 0. The number of rotatable bonds is 1. The van der Waals surface area contributed by atoms with Gasteiger partial charge in [0.15, 0.2) is 0 Å². The average Bonchev–Trinajstić information content (AvgIpc) is 2.55. The second kappa shape index (κ2) is 3.79. The van der Waals surface area contributed by atoms with E-state index in [-0.39, 0.29) is 0 Å². The summed E-state index contributed by atoms with van der Waals surface area (Å²) in [6, 6.07) is 0. The van der Waals surface area contributed by atoms with Gasteiger partial charge in [-0.2, -0.15) is 0 Å². The lowest BCUT2D eigenvalue weighted by atomic mass is 9.77. The van der Waals surface area contributed by atoms with Gasteiger partial charge in [-0.1, -0.05) is 34.6 Å². The molecule has 0 aromatic carbocycles. The van der Waals surface area contributed by atoms with Gasteiger partial charge in [0.05, 0.1) is 0 Å². The molecule has 0 heteroatoms. The van der Waals surface area contributed by atoms with Crippen LogP contribution in [0.3, 0.4) is 0 Å². The summed E-state index contributed by atoms with van der Waals surface area (Å²) in [5.41, 5.74) is 0.553. The number of hydrogen-bond acceptors (Lipinski definition) is 0. The van der Waals surface area contributed by atoms with Crippen molar-refractivity contribution in [2.75, 3.05) is 0 Å². The van der Waals surface area contributed by atoms with Crippen molar-refractivity contribution in [3.05, 3.63) is 0 Å². The summed E-state index contributed by atoms with van der Waals surface area (Å²) in [5.74, 6) is 5.13. The van der Waals surface area contributed by atoms with Crippen LogP contribution in [0.15, 0.2) is 0 Å². The van der Waals surface area contributed by atoms with Crippen LogP contribution in [0.1, 0.15) is 60.3 Å². The summed E-state index contributed by atoms with van der Waals surface area (Å²) in [6.45, 7) is 12.1. The SMILES string of the molecule is CC(C)C1CC2CC(C(C)(C)C)CC2C1. The minimum Gasteiger partial charge on any atom is -0.0625 e. The normalized spacial score (nSPS) is 41.2. The topological polar surface area (TPSA) is 0 Å². The van der Waals surface area contributed by atoms with Crippen molar-refractivity contribution in [2.24, 2.45) is 35.0 Å². The molecule has 0 bridgehead atoms. The number of hydrogen-bond donors (Lipinski definition) is 0. The highest BCUT2D eigenvalue weighted by Crippen LogP contribution is 2.54. The monoisotopic (exact) mass is 208 g/mol. The molecule has 0 spiro atoms. The van der Waals surface area contributed by atoms with E-state index in [1.54, 1.807) is 0 Å². The molecule has 0 amide bonds. The van der Waals surface area contributed by atoms with Crippen molar-refractivity contribution in [3.8, 4) is 0 Å². The van der Waals surface area contributed by atoms with Gasteiger partial charge in [-0.05, 0) is 60.7 Å². The van der Waals surface area contributed by atoms with E-state index in [0.29, 0.717) is 5.41 Å². The molecule has 0 N–H and O–H groups in total. The van der Waals surface area contributed by atoms with E-state index in [4.69, 9.17) is 0 Å². The van der Waals surface area contributed by atoms with E-state index < -0.39 is 0 Å². The zero-order chi connectivity index (χ0) is 11.2. The van der Waals surface area contributed by atoms with Crippen LogP contribution in [0, 0.1) is 35.0 Å². The minimum absolute atomic E-state index is 0.553. The Kier molecular flexibility index (Phi) is 2.90. The van der Waals surface area contributed by atoms with E-state index in [0.717, 1.165) is 29.6 Å². The highest BCUT2D eigenvalue weighted by molar-refractivity contribution is 4.95. The van der Waals surface area contributed by atoms with Crippen molar-refractivity contribution >= 4 is 0 Å². The van der Waals surface area contributed by atoms with Gasteiger partial charge in [0, 0.05) is 0 Å². The van der Waals surface area contributed by atoms with Crippen LogP contribution >= 0.6 is 0 Å². The first-order valence-electron chi connectivity index (χ1n) is 6.88. The van der Waals surface area contributed by atoms with Crippen LogP contribution in [0.25, 0.3) is 0 Å². The molecule has 2 aliphatic rings. The molecule has 2 aliphatic carbocycles. The largest absolute Gasteiger partial charge is 0.0625 e. The average molecular weight is 208 g/mol. The zero-order valence-electron chi connectivity index (χ0n) is 11.2. The molecule has 2 fully saturated rings. The van der Waals surface area contributed by atoms with Crippen LogP contribution in [0.2, 0.25) is 0 Å². The molecule has 0 radical (unpaired) electrons. The van der Waals surface area contributed by atoms with E-state index in [2.05, 4.69) is 34.6 Å². The molecular formula is C15H28. The maximum Gasteiger partial charge on any atom is -0.0354 e. The Labute approximate surface area is 95.8 Å². The molecule has 2 atom stereocenters. The molecule has 0 nitrogen and oxygen atoms in total. The molecule has 15 heavy (non-hydrogen) atoms. The van der Waals surface area contributed by atoms with Gasteiger partial charge in [-0.25, -0.2) is 0 Å². The third kappa shape index (κ3) is 2.24. The molecule has 2 unspecified atom stereocenters. The summed E-state index contributed by atoms with van der Waals surface area (Å²) in [6.07, 6.45) is 6.12. The quantitative estimate of drug-likeness (QED) is 0.584. The van der Waals surface area contributed by atoms with Crippen molar-refractivity contribution in [3.63, 3.8) is 0 Å². The standard InChI is InChI=1S/C15H28/c1-10(2)11-6-12-8-14(15(3,4)5)9-13(12)7-11/h10-14H,6-9H2,1-5H3. The summed E-state index contributed by atoms with van der Waals surface area (Å²) >= 11 is 0. The lowest BCUT2D eigenvalue weighted by Crippen LogP contribution is -2.19. The third-order valence-corrected chi connectivity index (χ3v) is 5.22. The predicted octanol–water partition coefficient (Wildman–Crippen LogP) is 4.74. The first-order valence-corrected chi connectivity index (χ1v) is 6.88. The van der Waals surface area contributed by atoms with Crippen LogP contribution in [-0.4, -0.2) is 0 Å². The van der Waals surface area contributed by atoms with Crippen molar-refractivity contribution < 1.29 is 0 Å². The molecule has 0 heterocycles. The Balaban J connectivity index is 1.94. The summed E-state index contributed by atoms with van der Waals surface area (Å²) < 4.78 is 0. The molecular weight excluding hydrogens is 180 g/mol. The Bertz CT molecular complexity index is 207. The van der Waals surface area contributed by atoms with Gasteiger partial charge in [-0.15, -0.1) is 0 Å². The van der Waals surface area contributed by atoms with Crippen molar-refractivity contribution in [1.29, 1.82) is 0 Å².